The van der Waals surface area contributed by atoms with Crippen molar-refractivity contribution in [3.63, 3.8) is 0 Å². The molecule has 25 heavy (non-hydrogen) atoms. The molecule has 4 rings (SSSR count). The van der Waals surface area contributed by atoms with Gasteiger partial charge >= 0.3 is 0 Å². The first kappa shape index (κ1) is 15.3. The van der Waals surface area contributed by atoms with Crippen LogP contribution < -0.4 is 5.32 Å². The van der Waals surface area contributed by atoms with Crippen molar-refractivity contribution in [1.29, 1.82) is 5.26 Å². The van der Waals surface area contributed by atoms with Crippen LogP contribution in [0.1, 0.15) is 47.8 Å². The maximum atomic E-state index is 12.5. The first-order valence-electron chi connectivity index (χ1n) is 8.41. The summed E-state index contributed by atoms with van der Waals surface area (Å²) >= 11 is 0. The summed E-state index contributed by atoms with van der Waals surface area (Å²) in [6.07, 6.45) is 5.98. The highest BCUT2D eigenvalue weighted by Crippen LogP contribution is 2.35. The first-order valence-corrected chi connectivity index (χ1v) is 8.41. The predicted octanol–water partition coefficient (Wildman–Crippen LogP) is 3.67. The SMILES string of the molecule is N#Cc1ccc(C(=O)Nc2nc3ccccc3n2C2CCCC2)nc1. The zero-order valence-electron chi connectivity index (χ0n) is 13.6. The van der Waals surface area contributed by atoms with Crippen LogP contribution >= 0.6 is 0 Å². The van der Waals surface area contributed by atoms with Crippen LogP contribution in [0.3, 0.4) is 0 Å². The number of pyridine rings is 1. The highest BCUT2D eigenvalue weighted by atomic mass is 16.2. The van der Waals surface area contributed by atoms with Crippen molar-refractivity contribution in [1.82, 2.24) is 14.5 Å². The van der Waals surface area contributed by atoms with Gasteiger partial charge in [0.15, 0.2) is 0 Å². The number of nitrogens with zero attached hydrogens (tertiary/aromatic N) is 4. The van der Waals surface area contributed by atoms with Crippen LogP contribution in [0.25, 0.3) is 11.0 Å². The van der Waals surface area contributed by atoms with E-state index in [1.807, 2.05) is 30.3 Å². The third-order valence-corrected chi connectivity index (χ3v) is 4.64. The second-order valence-corrected chi connectivity index (χ2v) is 6.23. The third kappa shape index (κ3) is 2.85. The number of fused-ring (bicyclic) bond motifs is 1. The quantitative estimate of drug-likeness (QED) is 0.793. The molecule has 0 radical (unpaired) electrons. The number of carbonyl (C=O) groups is 1. The molecular weight excluding hydrogens is 314 g/mol. The Balaban J connectivity index is 1.69. The smallest absolute Gasteiger partial charge is 0.276 e. The second-order valence-electron chi connectivity index (χ2n) is 6.23. The van der Waals surface area contributed by atoms with E-state index in [1.54, 1.807) is 12.1 Å². The summed E-state index contributed by atoms with van der Waals surface area (Å²) in [6.45, 7) is 0. The third-order valence-electron chi connectivity index (χ3n) is 4.64. The Labute approximate surface area is 145 Å². The van der Waals surface area contributed by atoms with E-state index in [2.05, 4.69) is 19.9 Å². The zero-order valence-corrected chi connectivity index (χ0v) is 13.6. The lowest BCUT2D eigenvalue weighted by Gasteiger charge is -2.16. The number of para-hydroxylation sites is 2. The highest BCUT2D eigenvalue weighted by molar-refractivity contribution is 6.02. The van der Waals surface area contributed by atoms with E-state index < -0.39 is 0 Å². The molecule has 6 heteroatoms. The van der Waals surface area contributed by atoms with Crippen molar-refractivity contribution in [2.24, 2.45) is 0 Å². The summed E-state index contributed by atoms with van der Waals surface area (Å²) in [7, 11) is 0. The van der Waals surface area contributed by atoms with Gasteiger partial charge in [-0.05, 0) is 37.1 Å². The van der Waals surface area contributed by atoms with Crippen molar-refractivity contribution in [2.75, 3.05) is 5.32 Å². The lowest BCUT2D eigenvalue weighted by Crippen LogP contribution is -2.18. The molecule has 1 saturated carbocycles. The Morgan fingerprint density at radius 3 is 2.72 bits per heavy atom. The van der Waals surface area contributed by atoms with Crippen LogP contribution in [-0.2, 0) is 0 Å². The van der Waals surface area contributed by atoms with Gasteiger partial charge in [0.25, 0.3) is 5.91 Å². The number of imidazole rings is 1. The molecule has 2 heterocycles. The van der Waals surface area contributed by atoms with Crippen LogP contribution in [0.4, 0.5) is 5.95 Å². The maximum absolute atomic E-state index is 12.5. The monoisotopic (exact) mass is 331 g/mol. The van der Waals surface area contributed by atoms with Gasteiger partial charge in [-0.2, -0.15) is 5.26 Å². The number of rotatable bonds is 3. The van der Waals surface area contributed by atoms with E-state index in [0.29, 0.717) is 17.6 Å². The Kier molecular flexibility index (Phi) is 3.90. The molecule has 1 fully saturated rings. The number of nitriles is 1. The molecule has 1 aromatic carbocycles. The second kappa shape index (κ2) is 6.36. The summed E-state index contributed by atoms with van der Waals surface area (Å²) in [5.74, 6) is 0.239. The molecule has 0 saturated heterocycles. The van der Waals surface area contributed by atoms with Crippen LogP contribution in [0.15, 0.2) is 42.6 Å². The van der Waals surface area contributed by atoms with Gasteiger partial charge < -0.3 is 4.57 Å². The van der Waals surface area contributed by atoms with E-state index in [-0.39, 0.29) is 11.6 Å². The van der Waals surface area contributed by atoms with E-state index in [9.17, 15) is 4.79 Å². The van der Waals surface area contributed by atoms with Crippen LogP contribution in [-0.4, -0.2) is 20.4 Å². The zero-order chi connectivity index (χ0) is 17.2. The fourth-order valence-corrected chi connectivity index (χ4v) is 3.42. The van der Waals surface area contributed by atoms with E-state index in [4.69, 9.17) is 5.26 Å². The number of anilines is 1. The van der Waals surface area contributed by atoms with E-state index >= 15 is 0 Å². The fourth-order valence-electron chi connectivity index (χ4n) is 3.42. The molecule has 1 aliphatic carbocycles. The number of hydrogen-bond acceptors (Lipinski definition) is 4. The predicted molar refractivity (Wildman–Crippen MR) is 94.1 cm³/mol. The van der Waals surface area contributed by atoms with E-state index in [1.165, 1.54) is 19.0 Å². The standard InChI is InChI=1S/C19H17N5O/c20-11-13-9-10-16(21-12-13)18(25)23-19-22-15-7-3-4-8-17(15)24(19)14-5-1-2-6-14/h3-4,7-10,12,14H,1-2,5-6H2,(H,22,23,25). The summed E-state index contributed by atoms with van der Waals surface area (Å²) in [5.41, 5.74) is 2.61. The van der Waals surface area contributed by atoms with Gasteiger partial charge in [0.1, 0.15) is 11.8 Å². The van der Waals surface area contributed by atoms with Crippen molar-refractivity contribution in [3.8, 4) is 6.07 Å². The number of nitrogens with one attached hydrogen (secondary N) is 1. The Bertz CT molecular complexity index is 962. The van der Waals surface area contributed by atoms with Gasteiger partial charge in [-0.15, -0.1) is 0 Å². The Hall–Kier alpha value is -3.20. The molecule has 0 aliphatic heterocycles. The van der Waals surface area contributed by atoms with Crippen LogP contribution in [0.5, 0.6) is 0 Å². The van der Waals surface area contributed by atoms with Crippen molar-refractivity contribution in [2.45, 2.75) is 31.7 Å². The molecule has 1 aliphatic rings. The number of benzene rings is 1. The number of hydrogen-bond donors (Lipinski definition) is 1. The van der Waals surface area contributed by atoms with Gasteiger partial charge in [0.2, 0.25) is 5.95 Å². The normalized spacial score (nSPS) is 14.5. The molecule has 0 atom stereocenters. The van der Waals surface area contributed by atoms with Crippen molar-refractivity contribution in [3.05, 3.63) is 53.9 Å². The Morgan fingerprint density at radius 2 is 2.00 bits per heavy atom. The lowest BCUT2D eigenvalue weighted by molar-refractivity contribution is 0.102. The average Bonchev–Trinajstić information content (AvgIpc) is 3.28. The van der Waals surface area contributed by atoms with Crippen LogP contribution in [0, 0.1) is 11.3 Å². The number of carbonyl (C=O) groups excluding carboxylic acids is 1. The Morgan fingerprint density at radius 1 is 1.20 bits per heavy atom. The van der Waals surface area contributed by atoms with Crippen molar-refractivity contribution >= 4 is 22.9 Å². The van der Waals surface area contributed by atoms with Gasteiger partial charge in [0, 0.05) is 12.2 Å². The average molecular weight is 331 g/mol. The molecule has 2 aromatic heterocycles. The largest absolute Gasteiger partial charge is 0.307 e. The number of amides is 1. The van der Waals surface area contributed by atoms with Gasteiger partial charge in [-0.1, -0.05) is 25.0 Å². The summed E-state index contributed by atoms with van der Waals surface area (Å²) in [5, 5.41) is 11.7. The first-order chi connectivity index (χ1) is 12.3. The fraction of sp³-hybridized carbons (Fsp3) is 0.263. The molecule has 1 N–H and O–H groups in total. The van der Waals surface area contributed by atoms with Gasteiger partial charge in [-0.3, -0.25) is 10.1 Å². The van der Waals surface area contributed by atoms with Gasteiger partial charge in [0.05, 0.1) is 16.6 Å². The molecule has 1 amide bonds. The molecule has 0 unspecified atom stereocenters. The lowest BCUT2D eigenvalue weighted by atomic mass is 10.2. The molecular formula is C19H17N5O. The van der Waals surface area contributed by atoms with Crippen LogP contribution in [0.2, 0.25) is 0 Å². The highest BCUT2D eigenvalue weighted by Gasteiger charge is 2.23. The maximum Gasteiger partial charge on any atom is 0.276 e. The van der Waals surface area contributed by atoms with E-state index in [0.717, 1.165) is 23.9 Å². The number of aromatic nitrogens is 3. The molecule has 124 valence electrons. The minimum absolute atomic E-state index is 0.268. The van der Waals surface area contributed by atoms with Gasteiger partial charge in [-0.25, -0.2) is 9.97 Å². The molecule has 6 nitrogen and oxygen atoms in total. The minimum Gasteiger partial charge on any atom is -0.307 e. The molecule has 3 aromatic rings. The van der Waals surface area contributed by atoms with Crippen molar-refractivity contribution < 1.29 is 4.79 Å². The summed E-state index contributed by atoms with van der Waals surface area (Å²) in [6, 6.07) is 13.4. The topological polar surface area (TPSA) is 83.6 Å². The molecule has 0 spiro atoms. The summed E-state index contributed by atoms with van der Waals surface area (Å²) in [4.78, 5) is 21.2. The molecule has 0 bridgehead atoms. The minimum atomic E-state index is -0.320. The summed E-state index contributed by atoms with van der Waals surface area (Å²) < 4.78 is 2.14.